The van der Waals surface area contributed by atoms with E-state index in [1.807, 2.05) is 6.07 Å². The number of carboxylic acids is 1. The van der Waals surface area contributed by atoms with Gasteiger partial charge in [0.25, 0.3) is 0 Å². The molecule has 1 aliphatic heterocycles. The standard InChI is InChI=1S/C23H29N3O3/c1-16-13-26(15-19-6-4-3-5-7-19)14-17(2)21(16)25-23(29)24-12-18-8-10-20(11-9-18)22(27)28/h3-11,16-17,21H,12-15H2,1-2H3,(H,27,28)(H2,24,25,29). The van der Waals surface area contributed by atoms with Gasteiger partial charge in [0.1, 0.15) is 0 Å². The molecule has 6 heteroatoms. The zero-order valence-corrected chi connectivity index (χ0v) is 17.0. The van der Waals surface area contributed by atoms with E-state index in [0.717, 1.165) is 25.2 Å². The van der Waals surface area contributed by atoms with Crippen molar-refractivity contribution in [3.05, 3.63) is 71.3 Å². The fourth-order valence-corrected chi connectivity index (χ4v) is 4.08. The molecule has 1 saturated heterocycles. The SMILES string of the molecule is CC1CN(Cc2ccccc2)CC(C)C1NC(=O)NCc1ccc(C(=O)O)cc1. The lowest BCUT2D eigenvalue weighted by atomic mass is 9.85. The molecular formula is C23H29N3O3. The predicted octanol–water partition coefficient (Wildman–Crippen LogP) is 3.34. The van der Waals surface area contributed by atoms with Gasteiger partial charge in [0.15, 0.2) is 0 Å². The number of amides is 2. The topological polar surface area (TPSA) is 81.7 Å². The summed E-state index contributed by atoms with van der Waals surface area (Å²) in [5, 5.41) is 15.0. The molecule has 29 heavy (non-hydrogen) atoms. The molecule has 1 heterocycles. The van der Waals surface area contributed by atoms with Crippen LogP contribution in [0, 0.1) is 11.8 Å². The van der Waals surface area contributed by atoms with Gasteiger partial charge in [-0.2, -0.15) is 0 Å². The molecule has 2 atom stereocenters. The molecule has 0 spiro atoms. The van der Waals surface area contributed by atoms with Crippen LogP contribution in [0.4, 0.5) is 4.79 Å². The number of hydrogen-bond donors (Lipinski definition) is 3. The second-order valence-corrected chi connectivity index (χ2v) is 7.99. The van der Waals surface area contributed by atoms with Crippen molar-refractivity contribution in [2.24, 2.45) is 11.8 Å². The summed E-state index contributed by atoms with van der Waals surface area (Å²) in [4.78, 5) is 25.7. The highest BCUT2D eigenvalue weighted by molar-refractivity contribution is 5.87. The van der Waals surface area contributed by atoms with Gasteiger partial charge in [-0.25, -0.2) is 9.59 Å². The number of hydrogen-bond acceptors (Lipinski definition) is 3. The van der Waals surface area contributed by atoms with Crippen LogP contribution in [-0.2, 0) is 13.1 Å². The predicted molar refractivity (Wildman–Crippen MR) is 113 cm³/mol. The molecule has 0 aliphatic carbocycles. The molecular weight excluding hydrogens is 366 g/mol. The number of nitrogens with one attached hydrogen (secondary N) is 2. The maximum absolute atomic E-state index is 12.4. The number of carbonyl (C=O) groups is 2. The molecule has 1 fully saturated rings. The van der Waals surface area contributed by atoms with Crippen LogP contribution in [0.1, 0.15) is 35.3 Å². The van der Waals surface area contributed by atoms with Gasteiger partial charge in [-0.1, -0.05) is 56.3 Å². The van der Waals surface area contributed by atoms with Gasteiger partial charge in [-0.15, -0.1) is 0 Å². The minimum atomic E-state index is -0.955. The number of urea groups is 1. The van der Waals surface area contributed by atoms with Gasteiger partial charge < -0.3 is 15.7 Å². The molecule has 1 aliphatic rings. The average Bonchev–Trinajstić information content (AvgIpc) is 2.70. The lowest BCUT2D eigenvalue weighted by molar-refractivity contribution is 0.0697. The summed E-state index contributed by atoms with van der Waals surface area (Å²) in [6, 6.07) is 16.9. The van der Waals surface area contributed by atoms with Gasteiger partial charge in [0, 0.05) is 32.2 Å². The van der Waals surface area contributed by atoms with E-state index in [9.17, 15) is 9.59 Å². The average molecular weight is 396 g/mol. The monoisotopic (exact) mass is 395 g/mol. The Balaban J connectivity index is 1.48. The smallest absolute Gasteiger partial charge is 0.335 e. The van der Waals surface area contributed by atoms with E-state index in [2.05, 4.69) is 53.6 Å². The Morgan fingerprint density at radius 2 is 1.59 bits per heavy atom. The second kappa shape index (κ2) is 9.56. The summed E-state index contributed by atoms with van der Waals surface area (Å²) in [6.07, 6.45) is 0. The summed E-state index contributed by atoms with van der Waals surface area (Å²) < 4.78 is 0. The van der Waals surface area contributed by atoms with E-state index < -0.39 is 5.97 Å². The highest BCUT2D eigenvalue weighted by Crippen LogP contribution is 2.23. The van der Waals surface area contributed by atoms with Crippen molar-refractivity contribution in [1.82, 2.24) is 15.5 Å². The maximum Gasteiger partial charge on any atom is 0.335 e. The first-order chi connectivity index (χ1) is 13.9. The summed E-state index contributed by atoms with van der Waals surface area (Å²) in [6.45, 7) is 7.55. The number of rotatable bonds is 6. The Bertz CT molecular complexity index is 811. The number of carboxylic acid groups (broad SMARTS) is 1. The lowest BCUT2D eigenvalue weighted by Crippen LogP contribution is -2.56. The van der Waals surface area contributed by atoms with Gasteiger partial charge in [0.05, 0.1) is 5.56 Å². The Morgan fingerprint density at radius 1 is 0.966 bits per heavy atom. The number of aromatic carboxylic acids is 1. The van der Waals surface area contributed by atoms with Crippen molar-refractivity contribution in [3.8, 4) is 0 Å². The highest BCUT2D eigenvalue weighted by atomic mass is 16.4. The largest absolute Gasteiger partial charge is 0.478 e. The second-order valence-electron chi connectivity index (χ2n) is 7.99. The molecule has 0 radical (unpaired) electrons. The van der Waals surface area contributed by atoms with Crippen molar-refractivity contribution in [2.75, 3.05) is 13.1 Å². The van der Waals surface area contributed by atoms with Crippen LogP contribution in [0.5, 0.6) is 0 Å². The molecule has 3 N–H and O–H groups in total. The third kappa shape index (κ3) is 5.81. The van der Waals surface area contributed by atoms with Crippen LogP contribution in [-0.4, -0.2) is 41.1 Å². The van der Waals surface area contributed by atoms with Crippen LogP contribution >= 0.6 is 0 Å². The quantitative estimate of drug-likeness (QED) is 0.701. The Labute approximate surface area is 171 Å². The van der Waals surface area contributed by atoms with E-state index in [4.69, 9.17) is 5.11 Å². The summed E-state index contributed by atoms with van der Waals surface area (Å²) >= 11 is 0. The van der Waals surface area contributed by atoms with E-state index in [1.54, 1.807) is 24.3 Å². The number of likely N-dealkylation sites (tertiary alicyclic amines) is 1. The zero-order chi connectivity index (χ0) is 20.8. The molecule has 0 saturated carbocycles. The molecule has 2 amide bonds. The van der Waals surface area contributed by atoms with E-state index in [-0.39, 0.29) is 17.6 Å². The maximum atomic E-state index is 12.4. The van der Waals surface area contributed by atoms with Crippen molar-refractivity contribution < 1.29 is 14.7 Å². The minimum absolute atomic E-state index is 0.122. The first kappa shape index (κ1) is 20.9. The molecule has 2 aromatic rings. The van der Waals surface area contributed by atoms with E-state index in [0.29, 0.717) is 18.4 Å². The van der Waals surface area contributed by atoms with E-state index >= 15 is 0 Å². The summed E-state index contributed by atoms with van der Waals surface area (Å²) in [5.41, 5.74) is 2.41. The Hall–Kier alpha value is -2.86. The first-order valence-corrected chi connectivity index (χ1v) is 10.0. The van der Waals surface area contributed by atoms with Gasteiger partial charge in [-0.3, -0.25) is 4.90 Å². The van der Waals surface area contributed by atoms with Gasteiger partial charge in [0.2, 0.25) is 0 Å². The van der Waals surface area contributed by atoms with Gasteiger partial charge >= 0.3 is 12.0 Å². The van der Waals surface area contributed by atoms with E-state index in [1.165, 1.54) is 5.56 Å². The Morgan fingerprint density at radius 3 is 2.17 bits per heavy atom. The van der Waals surface area contributed by atoms with Crippen LogP contribution < -0.4 is 10.6 Å². The van der Waals surface area contributed by atoms with Crippen molar-refractivity contribution in [2.45, 2.75) is 33.0 Å². The van der Waals surface area contributed by atoms with Crippen molar-refractivity contribution >= 4 is 12.0 Å². The Kier molecular flexibility index (Phi) is 6.88. The molecule has 2 unspecified atom stereocenters. The fraction of sp³-hybridized carbons (Fsp3) is 0.391. The molecule has 0 bridgehead atoms. The van der Waals surface area contributed by atoms with Crippen LogP contribution in [0.25, 0.3) is 0 Å². The van der Waals surface area contributed by atoms with Crippen molar-refractivity contribution in [1.29, 1.82) is 0 Å². The van der Waals surface area contributed by atoms with Crippen molar-refractivity contribution in [3.63, 3.8) is 0 Å². The lowest BCUT2D eigenvalue weighted by Gasteiger charge is -2.41. The minimum Gasteiger partial charge on any atom is -0.478 e. The first-order valence-electron chi connectivity index (χ1n) is 10.0. The van der Waals surface area contributed by atoms with Gasteiger partial charge in [-0.05, 0) is 35.1 Å². The normalized spacial score (nSPS) is 22.1. The molecule has 2 aromatic carbocycles. The van der Waals surface area contributed by atoms with Crippen LogP contribution in [0.2, 0.25) is 0 Å². The number of nitrogens with zero attached hydrogens (tertiary/aromatic N) is 1. The molecule has 154 valence electrons. The zero-order valence-electron chi connectivity index (χ0n) is 17.0. The molecule has 3 rings (SSSR count). The molecule has 0 aromatic heterocycles. The summed E-state index contributed by atoms with van der Waals surface area (Å²) in [5.74, 6) is -0.255. The van der Waals surface area contributed by atoms with Crippen LogP contribution in [0.3, 0.4) is 0 Å². The number of piperidine rings is 1. The highest BCUT2D eigenvalue weighted by Gasteiger charge is 2.32. The fourth-order valence-electron chi connectivity index (χ4n) is 4.08. The molecule has 6 nitrogen and oxygen atoms in total. The number of benzene rings is 2. The summed E-state index contributed by atoms with van der Waals surface area (Å²) in [7, 11) is 0. The number of carbonyl (C=O) groups excluding carboxylic acids is 1. The third-order valence-electron chi connectivity index (χ3n) is 5.52. The van der Waals surface area contributed by atoms with Crippen LogP contribution in [0.15, 0.2) is 54.6 Å². The third-order valence-corrected chi connectivity index (χ3v) is 5.52.